The summed E-state index contributed by atoms with van der Waals surface area (Å²) < 4.78 is 0. The summed E-state index contributed by atoms with van der Waals surface area (Å²) in [5, 5.41) is 2.62. The number of hydrogen-bond donors (Lipinski definition) is 0. The highest BCUT2D eigenvalue weighted by Crippen LogP contribution is 2.44. The van der Waals surface area contributed by atoms with E-state index in [9.17, 15) is 0 Å². The van der Waals surface area contributed by atoms with Crippen molar-refractivity contribution in [3.63, 3.8) is 0 Å². The second-order valence-electron chi connectivity index (χ2n) is 5.37. The van der Waals surface area contributed by atoms with Gasteiger partial charge in [-0.05, 0) is 28.8 Å². The van der Waals surface area contributed by atoms with Crippen LogP contribution in [0.2, 0.25) is 0 Å². The average Bonchev–Trinajstić information content (AvgIpc) is 2.62. The number of benzene rings is 3. The summed E-state index contributed by atoms with van der Waals surface area (Å²) in [4.78, 5) is 0. The standard InChI is InChI=1S/C20H19PS/c22-21(19-12-6-2-7-13-19,20-14-8-3-9-15-20)17-16-18-10-4-1-5-11-18/h1-15H,16-17H2. The maximum atomic E-state index is 6.25. The number of hydrogen-bond acceptors (Lipinski definition) is 1. The maximum absolute atomic E-state index is 6.25. The van der Waals surface area contributed by atoms with Crippen molar-refractivity contribution in [3.8, 4) is 0 Å². The second kappa shape index (κ2) is 7.05. The molecule has 0 aliphatic carbocycles. The molecule has 0 bridgehead atoms. The summed E-state index contributed by atoms with van der Waals surface area (Å²) in [6.45, 7) is 0. The van der Waals surface area contributed by atoms with Crippen LogP contribution in [0.15, 0.2) is 91.0 Å². The van der Waals surface area contributed by atoms with Crippen LogP contribution in [0.5, 0.6) is 0 Å². The molecule has 110 valence electrons. The third kappa shape index (κ3) is 3.38. The monoisotopic (exact) mass is 322 g/mol. The predicted molar refractivity (Wildman–Crippen MR) is 101 cm³/mol. The number of aryl methyl sites for hydroxylation is 1. The first-order valence-corrected chi connectivity index (χ1v) is 10.5. The van der Waals surface area contributed by atoms with E-state index >= 15 is 0 Å². The van der Waals surface area contributed by atoms with Gasteiger partial charge >= 0.3 is 0 Å². The fraction of sp³-hybridized carbons (Fsp3) is 0.100. The molecular weight excluding hydrogens is 303 g/mol. The molecule has 0 saturated carbocycles. The van der Waals surface area contributed by atoms with Gasteiger partial charge < -0.3 is 0 Å². The molecule has 0 heterocycles. The van der Waals surface area contributed by atoms with Gasteiger partial charge in [-0.25, -0.2) is 0 Å². The van der Waals surface area contributed by atoms with Gasteiger partial charge in [-0.3, -0.25) is 0 Å². The quantitative estimate of drug-likeness (QED) is 0.629. The van der Waals surface area contributed by atoms with Gasteiger partial charge in [-0.2, -0.15) is 0 Å². The lowest BCUT2D eigenvalue weighted by Crippen LogP contribution is -2.19. The van der Waals surface area contributed by atoms with Crippen molar-refractivity contribution in [2.24, 2.45) is 0 Å². The van der Waals surface area contributed by atoms with Crippen LogP contribution in [0.25, 0.3) is 0 Å². The third-order valence-electron chi connectivity index (χ3n) is 3.90. The van der Waals surface area contributed by atoms with E-state index in [0.717, 1.165) is 12.6 Å². The van der Waals surface area contributed by atoms with Crippen molar-refractivity contribution in [3.05, 3.63) is 96.6 Å². The average molecular weight is 322 g/mol. The van der Waals surface area contributed by atoms with E-state index in [2.05, 4.69) is 91.0 Å². The van der Waals surface area contributed by atoms with Gasteiger partial charge in [-0.1, -0.05) is 103 Å². The van der Waals surface area contributed by atoms with Gasteiger partial charge in [-0.15, -0.1) is 0 Å². The molecule has 22 heavy (non-hydrogen) atoms. The molecule has 0 saturated heterocycles. The van der Waals surface area contributed by atoms with Crippen molar-refractivity contribution in [1.29, 1.82) is 0 Å². The molecule has 0 spiro atoms. The largest absolute Gasteiger partial charge is 0.0876 e. The van der Waals surface area contributed by atoms with E-state index in [4.69, 9.17) is 11.8 Å². The molecular formula is C20H19PS. The van der Waals surface area contributed by atoms with Gasteiger partial charge in [0.1, 0.15) is 0 Å². The van der Waals surface area contributed by atoms with E-state index in [1.807, 2.05) is 0 Å². The summed E-state index contributed by atoms with van der Waals surface area (Å²) in [5.74, 6) is 0. The lowest BCUT2D eigenvalue weighted by molar-refractivity contribution is 1.15. The lowest BCUT2D eigenvalue weighted by atomic mass is 10.2. The fourth-order valence-corrected chi connectivity index (χ4v) is 6.38. The molecule has 0 atom stereocenters. The highest BCUT2D eigenvalue weighted by molar-refractivity contribution is 8.21. The smallest absolute Gasteiger partial charge is 0.0109 e. The van der Waals surface area contributed by atoms with Crippen molar-refractivity contribution in [1.82, 2.24) is 0 Å². The van der Waals surface area contributed by atoms with Crippen molar-refractivity contribution in [2.75, 3.05) is 6.16 Å². The summed E-state index contributed by atoms with van der Waals surface area (Å²) in [6, 6.07) is 30.2. The van der Waals surface area contributed by atoms with E-state index < -0.39 is 6.04 Å². The fourth-order valence-electron chi connectivity index (χ4n) is 2.68. The van der Waals surface area contributed by atoms with Gasteiger partial charge in [0, 0.05) is 6.04 Å². The Morgan fingerprint density at radius 3 is 1.45 bits per heavy atom. The molecule has 0 N–H and O–H groups in total. The zero-order valence-electron chi connectivity index (χ0n) is 12.4. The zero-order chi connectivity index (χ0) is 15.3. The molecule has 0 amide bonds. The molecule has 3 aromatic carbocycles. The summed E-state index contributed by atoms with van der Waals surface area (Å²) in [7, 11) is 0. The Morgan fingerprint density at radius 1 is 0.591 bits per heavy atom. The normalized spacial score (nSPS) is 11.3. The Morgan fingerprint density at radius 2 is 1.00 bits per heavy atom. The maximum Gasteiger partial charge on any atom is 0.0109 e. The van der Waals surface area contributed by atoms with E-state index in [1.54, 1.807) is 0 Å². The van der Waals surface area contributed by atoms with E-state index in [1.165, 1.54) is 16.2 Å². The Kier molecular flexibility index (Phi) is 4.87. The van der Waals surface area contributed by atoms with E-state index in [-0.39, 0.29) is 0 Å². The van der Waals surface area contributed by atoms with Crippen LogP contribution < -0.4 is 10.6 Å². The highest BCUT2D eigenvalue weighted by Gasteiger charge is 2.21. The number of rotatable bonds is 5. The molecule has 3 rings (SSSR count). The minimum absolute atomic E-state index is 1.03. The Labute approximate surface area is 137 Å². The molecule has 0 radical (unpaired) electrons. The van der Waals surface area contributed by atoms with Crippen LogP contribution in [0.3, 0.4) is 0 Å². The third-order valence-corrected chi connectivity index (χ3v) is 8.84. The van der Waals surface area contributed by atoms with Gasteiger partial charge in [0.05, 0.1) is 0 Å². The second-order valence-corrected chi connectivity index (χ2v) is 10.2. The summed E-state index contributed by atoms with van der Waals surface area (Å²) in [5.41, 5.74) is 1.36. The molecule has 2 heteroatoms. The first-order chi connectivity index (χ1) is 10.8. The minimum Gasteiger partial charge on any atom is -0.0876 e. The first-order valence-electron chi connectivity index (χ1n) is 7.53. The SMILES string of the molecule is S=P(CCc1ccccc1)(c1ccccc1)c1ccccc1. The highest BCUT2D eigenvalue weighted by atomic mass is 32.4. The molecule has 3 aromatic rings. The van der Waals surface area contributed by atoms with Crippen molar-refractivity contribution in [2.45, 2.75) is 6.42 Å². The molecule has 0 aromatic heterocycles. The Balaban J connectivity index is 1.95. The Hall–Kier alpha value is -1.69. The molecule has 0 fully saturated rings. The van der Waals surface area contributed by atoms with Crippen LogP contribution in [-0.4, -0.2) is 6.16 Å². The molecule has 0 aliphatic rings. The van der Waals surface area contributed by atoms with Gasteiger partial charge in [0.15, 0.2) is 0 Å². The van der Waals surface area contributed by atoms with Crippen LogP contribution in [0.4, 0.5) is 0 Å². The first kappa shape index (κ1) is 15.2. The zero-order valence-corrected chi connectivity index (χ0v) is 14.1. The predicted octanol–water partition coefficient (Wildman–Crippen LogP) is 4.36. The summed E-state index contributed by atoms with van der Waals surface area (Å²) in [6.07, 6.45) is 2.06. The van der Waals surface area contributed by atoms with Crippen molar-refractivity contribution >= 4 is 28.5 Å². The van der Waals surface area contributed by atoms with Crippen molar-refractivity contribution < 1.29 is 0 Å². The molecule has 0 nitrogen and oxygen atoms in total. The molecule has 0 unspecified atom stereocenters. The van der Waals surface area contributed by atoms with Gasteiger partial charge in [0.2, 0.25) is 0 Å². The van der Waals surface area contributed by atoms with Crippen LogP contribution in [0.1, 0.15) is 5.56 Å². The van der Waals surface area contributed by atoms with Crippen LogP contribution in [0, 0.1) is 0 Å². The van der Waals surface area contributed by atoms with Crippen LogP contribution >= 0.6 is 6.04 Å². The topological polar surface area (TPSA) is 0 Å². The van der Waals surface area contributed by atoms with Gasteiger partial charge in [0.25, 0.3) is 0 Å². The van der Waals surface area contributed by atoms with E-state index in [0.29, 0.717) is 0 Å². The van der Waals surface area contributed by atoms with Crippen LogP contribution in [-0.2, 0) is 18.2 Å². The Bertz CT molecular complexity index is 708. The molecule has 0 aliphatic heterocycles. The minimum atomic E-state index is -1.76. The summed E-state index contributed by atoms with van der Waals surface area (Å²) >= 11 is 6.25. The lowest BCUT2D eigenvalue weighted by Gasteiger charge is -2.23.